The van der Waals surface area contributed by atoms with Gasteiger partial charge < -0.3 is 5.32 Å². The Balaban J connectivity index is 1.67. The fraction of sp³-hybridized carbons (Fsp3) is 0.133. The zero-order valence-electron chi connectivity index (χ0n) is 12.9. The van der Waals surface area contributed by atoms with Crippen molar-refractivity contribution in [2.24, 2.45) is 0 Å². The van der Waals surface area contributed by atoms with Crippen molar-refractivity contribution in [3.05, 3.63) is 53.2 Å². The van der Waals surface area contributed by atoms with E-state index in [0.29, 0.717) is 18.1 Å². The molecule has 1 N–H and O–H groups in total. The molecule has 0 saturated heterocycles. The second-order valence-corrected chi connectivity index (χ2v) is 5.52. The number of hydrogen-bond donors (Lipinski definition) is 1. The number of alkyl halides is 3. The lowest BCUT2D eigenvalue weighted by atomic mass is 10.2. The van der Waals surface area contributed by atoms with Gasteiger partial charge in [-0.1, -0.05) is 41.9 Å². The van der Waals surface area contributed by atoms with E-state index in [4.69, 9.17) is 11.6 Å². The Morgan fingerprint density at radius 1 is 1.23 bits per heavy atom. The minimum absolute atomic E-state index is 0.187. The number of nitrogens with one attached hydrogen (secondary N) is 1. The molecule has 2 aromatic heterocycles. The number of amides is 1. The highest BCUT2D eigenvalue weighted by Crippen LogP contribution is 2.32. The third-order valence-electron chi connectivity index (χ3n) is 3.20. The molecular weight excluding hydrogens is 373 g/mol. The van der Waals surface area contributed by atoms with Crippen LogP contribution in [0.15, 0.2) is 42.6 Å². The number of tetrazole rings is 1. The zero-order chi connectivity index (χ0) is 18.7. The van der Waals surface area contributed by atoms with Gasteiger partial charge in [0.1, 0.15) is 6.54 Å². The first-order valence-corrected chi connectivity index (χ1v) is 7.56. The Labute approximate surface area is 149 Å². The molecule has 0 aliphatic heterocycles. The van der Waals surface area contributed by atoms with Crippen LogP contribution in [-0.2, 0) is 17.5 Å². The maximum Gasteiger partial charge on any atom is 0.417 e. The van der Waals surface area contributed by atoms with Crippen molar-refractivity contribution in [3.63, 3.8) is 0 Å². The standard InChI is InChI=1S/C15H10ClF3N6O/c16-11-6-10(15(17,18)19)7-20-14(11)21-12(26)8-25-23-13(22-24-25)9-4-2-1-3-5-9/h1-7H,8H2,(H,20,21,26). The van der Waals surface area contributed by atoms with E-state index in [-0.39, 0.29) is 17.4 Å². The van der Waals surface area contributed by atoms with Crippen molar-refractivity contribution in [1.82, 2.24) is 25.2 Å². The Bertz CT molecular complexity index is 929. The van der Waals surface area contributed by atoms with Crippen LogP contribution < -0.4 is 5.32 Å². The van der Waals surface area contributed by atoms with Gasteiger partial charge in [-0.15, -0.1) is 10.2 Å². The lowest BCUT2D eigenvalue weighted by molar-refractivity contribution is -0.137. The van der Waals surface area contributed by atoms with E-state index in [9.17, 15) is 18.0 Å². The summed E-state index contributed by atoms with van der Waals surface area (Å²) in [5.74, 6) is -0.465. The number of carbonyl (C=O) groups excluding carboxylic acids is 1. The van der Waals surface area contributed by atoms with Gasteiger partial charge in [-0.3, -0.25) is 4.79 Å². The summed E-state index contributed by atoms with van der Waals surface area (Å²) in [6, 6.07) is 9.70. The molecule has 0 aliphatic carbocycles. The molecule has 0 unspecified atom stereocenters. The monoisotopic (exact) mass is 382 g/mol. The first kappa shape index (κ1) is 17.8. The van der Waals surface area contributed by atoms with Gasteiger partial charge in [-0.2, -0.15) is 18.0 Å². The van der Waals surface area contributed by atoms with E-state index in [1.54, 1.807) is 24.3 Å². The number of pyridine rings is 1. The van der Waals surface area contributed by atoms with E-state index in [1.165, 1.54) is 0 Å². The van der Waals surface area contributed by atoms with Gasteiger partial charge in [0.05, 0.1) is 10.6 Å². The SMILES string of the molecule is O=C(Cn1nnc(-c2ccccc2)n1)Nc1ncc(C(F)(F)F)cc1Cl. The van der Waals surface area contributed by atoms with Gasteiger partial charge >= 0.3 is 6.18 Å². The van der Waals surface area contributed by atoms with Crippen LogP contribution in [0.2, 0.25) is 5.02 Å². The van der Waals surface area contributed by atoms with E-state index in [0.717, 1.165) is 10.4 Å². The van der Waals surface area contributed by atoms with Crippen LogP contribution in [-0.4, -0.2) is 31.1 Å². The minimum Gasteiger partial charge on any atom is -0.308 e. The molecule has 1 aromatic carbocycles. The Kier molecular flexibility index (Phi) is 4.85. The maximum atomic E-state index is 12.6. The fourth-order valence-electron chi connectivity index (χ4n) is 2.00. The van der Waals surface area contributed by atoms with E-state index < -0.39 is 17.6 Å². The van der Waals surface area contributed by atoms with Crippen LogP contribution in [0.1, 0.15) is 5.56 Å². The van der Waals surface area contributed by atoms with Gasteiger partial charge in [0.2, 0.25) is 11.7 Å². The number of hydrogen-bond acceptors (Lipinski definition) is 5. The number of nitrogens with zero attached hydrogens (tertiary/aromatic N) is 5. The number of aromatic nitrogens is 5. The smallest absolute Gasteiger partial charge is 0.308 e. The maximum absolute atomic E-state index is 12.6. The second-order valence-electron chi connectivity index (χ2n) is 5.11. The van der Waals surface area contributed by atoms with Crippen LogP contribution in [0.3, 0.4) is 0 Å². The quantitative estimate of drug-likeness (QED) is 0.749. The molecule has 11 heteroatoms. The number of anilines is 1. The summed E-state index contributed by atoms with van der Waals surface area (Å²) < 4.78 is 37.7. The van der Waals surface area contributed by atoms with Crippen LogP contribution in [0, 0.1) is 0 Å². The highest BCUT2D eigenvalue weighted by atomic mass is 35.5. The molecule has 0 atom stereocenters. The number of carbonyl (C=O) groups is 1. The van der Waals surface area contributed by atoms with Crippen LogP contribution in [0.25, 0.3) is 11.4 Å². The molecule has 7 nitrogen and oxygen atoms in total. The number of halogens is 4. The molecule has 0 radical (unpaired) electrons. The summed E-state index contributed by atoms with van der Waals surface area (Å²) in [7, 11) is 0. The van der Waals surface area contributed by atoms with Crippen LogP contribution >= 0.6 is 11.6 Å². The van der Waals surface area contributed by atoms with E-state index >= 15 is 0 Å². The zero-order valence-corrected chi connectivity index (χ0v) is 13.7. The van der Waals surface area contributed by atoms with Crippen molar-refractivity contribution in [1.29, 1.82) is 0 Å². The largest absolute Gasteiger partial charge is 0.417 e. The summed E-state index contributed by atoms with van der Waals surface area (Å²) in [6.45, 7) is -0.307. The minimum atomic E-state index is -4.57. The predicted molar refractivity (Wildman–Crippen MR) is 86.1 cm³/mol. The molecule has 1 amide bonds. The molecule has 0 saturated carbocycles. The number of benzene rings is 1. The van der Waals surface area contributed by atoms with Crippen molar-refractivity contribution < 1.29 is 18.0 Å². The predicted octanol–water partition coefficient (Wildman–Crippen LogP) is 3.05. The summed E-state index contributed by atoms with van der Waals surface area (Å²) >= 11 is 5.74. The van der Waals surface area contributed by atoms with Gasteiger partial charge in [-0.05, 0) is 11.3 Å². The topological polar surface area (TPSA) is 85.6 Å². The van der Waals surface area contributed by atoms with Crippen LogP contribution in [0.4, 0.5) is 19.0 Å². The number of rotatable bonds is 4. The first-order chi connectivity index (χ1) is 12.3. The van der Waals surface area contributed by atoms with Gasteiger partial charge in [0, 0.05) is 11.8 Å². The fourth-order valence-corrected chi connectivity index (χ4v) is 2.21. The highest BCUT2D eigenvalue weighted by molar-refractivity contribution is 6.33. The summed E-state index contributed by atoms with van der Waals surface area (Å²) in [5, 5.41) is 13.6. The van der Waals surface area contributed by atoms with Crippen molar-refractivity contribution in [3.8, 4) is 11.4 Å². The van der Waals surface area contributed by atoms with Gasteiger partial charge in [-0.25, -0.2) is 4.98 Å². The molecule has 0 aliphatic rings. The average molecular weight is 383 g/mol. The average Bonchev–Trinajstić information content (AvgIpc) is 3.05. The third-order valence-corrected chi connectivity index (χ3v) is 3.48. The molecule has 3 rings (SSSR count). The second kappa shape index (κ2) is 7.08. The van der Waals surface area contributed by atoms with Crippen LogP contribution in [0.5, 0.6) is 0 Å². The Morgan fingerprint density at radius 3 is 2.62 bits per heavy atom. The lowest BCUT2D eigenvalue weighted by Gasteiger charge is -2.09. The Hall–Kier alpha value is -3.01. The third kappa shape index (κ3) is 4.14. The summed E-state index contributed by atoms with van der Waals surface area (Å²) in [5.41, 5.74) is -0.280. The summed E-state index contributed by atoms with van der Waals surface area (Å²) in [6.07, 6.45) is -3.99. The van der Waals surface area contributed by atoms with E-state index in [1.807, 2.05) is 6.07 Å². The van der Waals surface area contributed by atoms with Crippen molar-refractivity contribution >= 4 is 23.3 Å². The molecule has 26 heavy (non-hydrogen) atoms. The van der Waals surface area contributed by atoms with Gasteiger partial charge in [0.15, 0.2) is 5.82 Å². The lowest BCUT2D eigenvalue weighted by Crippen LogP contribution is -2.21. The van der Waals surface area contributed by atoms with Gasteiger partial charge in [0.25, 0.3) is 0 Å². The Morgan fingerprint density at radius 2 is 1.96 bits per heavy atom. The molecule has 0 spiro atoms. The highest BCUT2D eigenvalue weighted by Gasteiger charge is 2.31. The molecular formula is C15H10ClF3N6O. The molecule has 2 heterocycles. The first-order valence-electron chi connectivity index (χ1n) is 7.19. The van der Waals surface area contributed by atoms with E-state index in [2.05, 4.69) is 25.7 Å². The van der Waals surface area contributed by atoms with Crippen molar-refractivity contribution in [2.45, 2.75) is 12.7 Å². The molecule has 0 fully saturated rings. The van der Waals surface area contributed by atoms with Crippen molar-refractivity contribution in [2.75, 3.05) is 5.32 Å². The molecule has 134 valence electrons. The summed E-state index contributed by atoms with van der Waals surface area (Å²) in [4.78, 5) is 16.6. The molecule has 3 aromatic rings. The normalized spacial score (nSPS) is 11.4. The molecule has 0 bridgehead atoms.